The highest BCUT2D eigenvalue weighted by atomic mass is 79.9. The number of rotatable bonds is 11. The van der Waals surface area contributed by atoms with Crippen LogP contribution in [0.5, 0.6) is 5.75 Å². The molecule has 178 valence electrons. The molecule has 34 heavy (non-hydrogen) atoms. The minimum absolute atomic E-state index is 0.153. The SMILES string of the molecule is CCCNC(=O)[C@@H](Cc1ccccc1)N(Cc1cccc(C)c1)C(=O)COc1ccc(Br)cc1. The Kier molecular flexibility index (Phi) is 9.71. The maximum atomic E-state index is 13.5. The van der Waals surface area contributed by atoms with E-state index in [0.717, 1.165) is 27.6 Å². The van der Waals surface area contributed by atoms with Gasteiger partial charge in [0.25, 0.3) is 5.91 Å². The summed E-state index contributed by atoms with van der Waals surface area (Å²) >= 11 is 3.40. The molecule has 5 nitrogen and oxygen atoms in total. The first kappa shape index (κ1) is 25.5. The Morgan fingerprint density at radius 2 is 1.68 bits per heavy atom. The Hall–Kier alpha value is -3.12. The van der Waals surface area contributed by atoms with Crippen LogP contribution in [0.2, 0.25) is 0 Å². The van der Waals surface area contributed by atoms with Gasteiger partial charge in [-0.05, 0) is 48.7 Å². The summed E-state index contributed by atoms with van der Waals surface area (Å²) in [7, 11) is 0. The minimum Gasteiger partial charge on any atom is -0.484 e. The lowest BCUT2D eigenvalue weighted by Gasteiger charge is -2.31. The van der Waals surface area contributed by atoms with E-state index in [2.05, 4.69) is 21.2 Å². The van der Waals surface area contributed by atoms with E-state index in [1.54, 1.807) is 17.0 Å². The largest absolute Gasteiger partial charge is 0.484 e. The lowest BCUT2D eigenvalue weighted by atomic mass is 10.0. The van der Waals surface area contributed by atoms with Crippen molar-refractivity contribution in [2.24, 2.45) is 0 Å². The van der Waals surface area contributed by atoms with E-state index < -0.39 is 6.04 Å². The summed E-state index contributed by atoms with van der Waals surface area (Å²) in [6.07, 6.45) is 1.24. The van der Waals surface area contributed by atoms with Crippen molar-refractivity contribution in [3.8, 4) is 5.75 Å². The standard InChI is InChI=1S/C28H31BrN2O3/c1-3-16-30-28(33)26(18-22-9-5-4-6-10-22)31(19-23-11-7-8-21(2)17-23)27(32)20-34-25-14-12-24(29)13-15-25/h4-15,17,26H,3,16,18-20H2,1-2H3,(H,30,33)/t26-/m1/s1. The fraction of sp³-hybridized carbons (Fsp3) is 0.286. The van der Waals surface area contributed by atoms with Crippen molar-refractivity contribution >= 4 is 27.7 Å². The maximum absolute atomic E-state index is 13.5. The number of hydrogen-bond acceptors (Lipinski definition) is 3. The van der Waals surface area contributed by atoms with Gasteiger partial charge in [-0.25, -0.2) is 0 Å². The summed E-state index contributed by atoms with van der Waals surface area (Å²) in [6, 6.07) is 24.5. The van der Waals surface area contributed by atoms with Crippen LogP contribution in [-0.4, -0.2) is 35.9 Å². The van der Waals surface area contributed by atoms with Crippen LogP contribution in [0, 0.1) is 6.92 Å². The van der Waals surface area contributed by atoms with E-state index in [1.807, 2.05) is 80.6 Å². The van der Waals surface area contributed by atoms with Crippen LogP contribution in [0.1, 0.15) is 30.0 Å². The smallest absolute Gasteiger partial charge is 0.261 e. The third-order valence-corrected chi connectivity index (χ3v) is 5.96. The van der Waals surface area contributed by atoms with E-state index in [-0.39, 0.29) is 18.4 Å². The summed E-state index contributed by atoms with van der Waals surface area (Å²) in [5.41, 5.74) is 3.07. The van der Waals surface area contributed by atoms with E-state index in [4.69, 9.17) is 4.74 Å². The number of ether oxygens (including phenoxy) is 1. The summed E-state index contributed by atoms with van der Waals surface area (Å²) < 4.78 is 6.72. The topological polar surface area (TPSA) is 58.6 Å². The van der Waals surface area contributed by atoms with Crippen LogP contribution in [0.15, 0.2) is 83.3 Å². The van der Waals surface area contributed by atoms with Gasteiger partial charge in [0, 0.05) is 24.0 Å². The van der Waals surface area contributed by atoms with Gasteiger partial charge in [-0.2, -0.15) is 0 Å². The molecule has 1 N–H and O–H groups in total. The minimum atomic E-state index is -0.657. The van der Waals surface area contributed by atoms with Gasteiger partial charge in [0.1, 0.15) is 11.8 Å². The molecule has 1 atom stereocenters. The second-order valence-corrected chi connectivity index (χ2v) is 9.17. The predicted molar refractivity (Wildman–Crippen MR) is 139 cm³/mol. The molecule has 0 radical (unpaired) electrons. The molecule has 0 aliphatic rings. The Balaban J connectivity index is 1.88. The normalized spacial score (nSPS) is 11.5. The number of benzene rings is 3. The number of amides is 2. The molecule has 6 heteroatoms. The molecular formula is C28H31BrN2O3. The molecule has 0 unspecified atom stereocenters. The van der Waals surface area contributed by atoms with Crippen molar-refractivity contribution in [3.05, 3.63) is 100 Å². The fourth-order valence-electron chi connectivity index (χ4n) is 3.69. The van der Waals surface area contributed by atoms with Gasteiger partial charge >= 0.3 is 0 Å². The number of nitrogens with one attached hydrogen (secondary N) is 1. The van der Waals surface area contributed by atoms with Crippen molar-refractivity contribution in [2.45, 2.75) is 39.3 Å². The Labute approximate surface area is 210 Å². The molecule has 0 aliphatic carbocycles. The molecule has 2 amide bonds. The van der Waals surface area contributed by atoms with Crippen LogP contribution in [-0.2, 0) is 22.6 Å². The zero-order valence-electron chi connectivity index (χ0n) is 19.7. The van der Waals surface area contributed by atoms with Crippen molar-refractivity contribution in [1.29, 1.82) is 0 Å². The third-order valence-electron chi connectivity index (χ3n) is 5.43. The molecule has 0 saturated carbocycles. The highest BCUT2D eigenvalue weighted by Gasteiger charge is 2.30. The molecule has 0 fully saturated rings. The van der Waals surface area contributed by atoms with Crippen molar-refractivity contribution in [1.82, 2.24) is 10.2 Å². The first-order valence-electron chi connectivity index (χ1n) is 11.5. The molecular weight excluding hydrogens is 492 g/mol. The van der Waals surface area contributed by atoms with Crippen LogP contribution in [0.4, 0.5) is 0 Å². The number of hydrogen-bond donors (Lipinski definition) is 1. The van der Waals surface area contributed by atoms with Crippen molar-refractivity contribution in [2.75, 3.05) is 13.2 Å². The summed E-state index contributed by atoms with van der Waals surface area (Å²) in [5, 5.41) is 2.99. The van der Waals surface area contributed by atoms with E-state index in [0.29, 0.717) is 25.3 Å². The lowest BCUT2D eigenvalue weighted by Crippen LogP contribution is -2.51. The second-order valence-electron chi connectivity index (χ2n) is 8.25. The van der Waals surface area contributed by atoms with E-state index in [9.17, 15) is 9.59 Å². The molecule has 0 bridgehead atoms. The highest BCUT2D eigenvalue weighted by molar-refractivity contribution is 9.10. The van der Waals surface area contributed by atoms with Gasteiger partial charge in [-0.1, -0.05) is 83.0 Å². The number of nitrogens with zero attached hydrogens (tertiary/aromatic N) is 1. The fourth-order valence-corrected chi connectivity index (χ4v) is 3.95. The third kappa shape index (κ3) is 7.73. The molecule has 0 spiro atoms. The van der Waals surface area contributed by atoms with Gasteiger partial charge in [-0.15, -0.1) is 0 Å². The monoisotopic (exact) mass is 522 g/mol. The molecule has 0 heterocycles. The Bertz CT molecular complexity index is 1070. The highest BCUT2D eigenvalue weighted by Crippen LogP contribution is 2.18. The molecule has 0 aliphatic heterocycles. The molecule has 3 rings (SSSR count). The first-order chi connectivity index (χ1) is 16.5. The summed E-state index contributed by atoms with van der Waals surface area (Å²) in [4.78, 5) is 28.4. The van der Waals surface area contributed by atoms with Gasteiger partial charge < -0.3 is 15.0 Å². The number of halogens is 1. The Morgan fingerprint density at radius 1 is 0.971 bits per heavy atom. The number of carbonyl (C=O) groups is 2. The zero-order valence-corrected chi connectivity index (χ0v) is 21.3. The number of carbonyl (C=O) groups excluding carboxylic acids is 2. The van der Waals surface area contributed by atoms with Crippen LogP contribution in [0.25, 0.3) is 0 Å². The maximum Gasteiger partial charge on any atom is 0.261 e. The zero-order chi connectivity index (χ0) is 24.3. The first-order valence-corrected chi connectivity index (χ1v) is 12.3. The van der Waals surface area contributed by atoms with Crippen LogP contribution >= 0.6 is 15.9 Å². The average Bonchev–Trinajstić information content (AvgIpc) is 2.85. The van der Waals surface area contributed by atoms with Crippen molar-refractivity contribution < 1.29 is 14.3 Å². The Morgan fingerprint density at radius 3 is 2.35 bits per heavy atom. The molecule has 0 saturated heterocycles. The molecule has 3 aromatic rings. The number of aryl methyl sites for hydroxylation is 1. The summed E-state index contributed by atoms with van der Waals surface area (Å²) in [6.45, 7) is 4.75. The van der Waals surface area contributed by atoms with E-state index >= 15 is 0 Å². The van der Waals surface area contributed by atoms with Gasteiger partial charge in [0.2, 0.25) is 5.91 Å². The van der Waals surface area contributed by atoms with Gasteiger partial charge in [-0.3, -0.25) is 9.59 Å². The van der Waals surface area contributed by atoms with E-state index in [1.165, 1.54) is 0 Å². The van der Waals surface area contributed by atoms with Crippen LogP contribution in [0.3, 0.4) is 0 Å². The van der Waals surface area contributed by atoms with Crippen molar-refractivity contribution in [3.63, 3.8) is 0 Å². The van der Waals surface area contributed by atoms with Crippen LogP contribution < -0.4 is 10.1 Å². The van der Waals surface area contributed by atoms with Gasteiger partial charge in [0.05, 0.1) is 0 Å². The van der Waals surface area contributed by atoms with Gasteiger partial charge in [0.15, 0.2) is 6.61 Å². The molecule has 3 aromatic carbocycles. The average molecular weight is 523 g/mol. The molecule has 0 aromatic heterocycles. The lowest BCUT2D eigenvalue weighted by molar-refractivity contribution is -0.142. The predicted octanol–water partition coefficient (Wildman–Crippen LogP) is 5.30. The summed E-state index contributed by atoms with van der Waals surface area (Å²) in [5.74, 6) is 0.203. The second kappa shape index (κ2) is 12.9. The quantitative estimate of drug-likeness (QED) is 0.371.